The van der Waals surface area contributed by atoms with E-state index in [9.17, 15) is 9.59 Å². The molecule has 2 atom stereocenters. The highest BCUT2D eigenvalue weighted by Crippen LogP contribution is 2.30. The number of likely N-dealkylation sites (tertiary alicyclic amines) is 1. The normalized spacial score (nSPS) is 30.6. The maximum atomic E-state index is 12.6. The molecule has 3 fully saturated rings. The van der Waals surface area contributed by atoms with Crippen molar-refractivity contribution in [3.05, 3.63) is 0 Å². The minimum Gasteiger partial charge on any atom is -0.339 e. The molecule has 0 spiro atoms. The summed E-state index contributed by atoms with van der Waals surface area (Å²) in [6.45, 7) is 5.23. The molecule has 2 saturated heterocycles. The van der Waals surface area contributed by atoms with Crippen LogP contribution in [0.15, 0.2) is 0 Å². The Bertz CT molecular complexity index is 398. The third-order valence-electron chi connectivity index (χ3n) is 5.06. The van der Waals surface area contributed by atoms with Crippen LogP contribution in [0.4, 0.5) is 0 Å². The summed E-state index contributed by atoms with van der Waals surface area (Å²) in [5.74, 6) is 0.273. The van der Waals surface area contributed by atoms with Gasteiger partial charge >= 0.3 is 0 Å². The summed E-state index contributed by atoms with van der Waals surface area (Å²) in [7, 11) is 0. The smallest absolute Gasteiger partial charge is 0.228 e. The molecule has 6 heteroatoms. The van der Waals surface area contributed by atoms with Crippen LogP contribution in [0.5, 0.6) is 0 Å². The number of amides is 2. The van der Waals surface area contributed by atoms with E-state index in [1.807, 2.05) is 9.80 Å². The summed E-state index contributed by atoms with van der Waals surface area (Å²) in [5.41, 5.74) is 0. The van der Waals surface area contributed by atoms with Gasteiger partial charge in [0.05, 0.1) is 5.92 Å². The molecule has 3 aliphatic rings. The van der Waals surface area contributed by atoms with E-state index >= 15 is 0 Å². The van der Waals surface area contributed by atoms with Crippen LogP contribution in [0.3, 0.4) is 0 Å². The van der Waals surface area contributed by atoms with Crippen LogP contribution in [0.25, 0.3) is 0 Å². The molecule has 0 bridgehead atoms. The van der Waals surface area contributed by atoms with Gasteiger partial charge in [0.2, 0.25) is 11.8 Å². The number of halogens is 1. The molecule has 0 aromatic rings. The van der Waals surface area contributed by atoms with E-state index in [0.29, 0.717) is 19.0 Å². The summed E-state index contributed by atoms with van der Waals surface area (Å²) >= 11 is 0. The molecule has 1 saturated carbocycles. The summed E-state index contributed by atoms with van der Waals surface area (Å²) in [4.78, 5) is 28.8. The Morgan fingerprint density at radius 1 is 1.29 bits per heavy atom. The van der Waals surface area contributed by atoms with E-state index in [0.717, 1.165) is 32.5 Å². The molecule has 2 aliphatic heterocycles. The summed E-state index contributed by atoms with van der Waals surface area (Å²) in [6.07, 6.45) is 5.11. The molecule has 1 aliphatic carbocycles. The predicted octanol–water partition coefficient (Wildman–Crippen LogP) is 1.02. The van der Waals surface area contributed by atoms with Crippen LogP contribution in [0, 0.1) is 5.92 Å². The van der Waals surface area contributed by atoms with Gasteiger partial charge in [0, 0.05) is 44.7 Å². The largest absolute Gasteiger partial charge is 0.339 e. The van der Waals surface area contributed by atoms with Crippen LogP contribution >= 0.6 is 12.4 Å². The number of hydrogen-bond acceptors (Lipinski definition) is 3. The number of nitrogens with one attached hydrogen (secondary N) is 1. The summed E-state index contributed by atoms with van der Waals surface area (Å²) < 4.78 is 0. The average Bonchev–Trinajstić information content (AvgIpc) is 3.07. The predicted molar refractivity (Wildman–Crippen MR) is 83.4 cm³/mol. The first-order valence-electron chi connectivity index (χ1n) is 7.97. The maximum absolute atomic E-state index is 12.6. The third kappa shape index (κ3) is 3.34. The van der Waals surface area contributed by atoms with Crippen molar-refractivity contribution >= 4 is 24.2 Å². The second kappa shape index (κ2) is 6.97. The van der Waals surface area contributed by atoms with E-state index in [-0.39, 0.29) is 36.2 Å². The van der Waals surface area contributed by atoms with Crippen molar-refractivity contribution in [1.82, 2.24) is 15.1 Å². The van der Waals surface area contributed by atoms with Crippen LogP contribution in [0.2, 0.25) is 0 Å². The topological polar surface area (TPSA) is 52.7 Å². The van der Waals surface area contributed by atoms with Crippen LogP contribution in [-0.2, 0) is 9.59 Å². The number of hydrogen-bond donors (Lipinski definition) is 1. The van der Waals surface area contributed by atoms with Crippen molar-refractivity contribution in [1.29, 1.82) is 0 Å². The molecule has 120 valence electrons. The van der Waals surface area contributed by atoms with Gasteiger partial charge in [-0.1, -0.05) is 12.8 Å². The van der Waals surface area contributed by atoms with E-state index < -0.39 is 0 Å². The van der Waals surface area contributed by atoms with Gasteiger partial charge < -0.3 is 15.1 Å². The Balaban J connectivity index is 0.00000161. The first-order valence-corrected chi connectivity index (χ1v) is 7.97. The Kier molecular flexibility index (Phi) is 5.49. The number of carbonyl (C=O) groups is 2. The second-order valence-electron chi connectivity index (χ2n) is 6.47. The molecule has 0 radical (unpaired) electrons. The van der Waals surface area contributed by atoms with Crippen molar-refractivity contribution < 1.29 is 9.59 Å². The minimum atomic E-state index is -0.108. The van der Waals surface area contributed by atoms with Crippen molar-refractivity contribution in [2.75, 3.05) is 26.2 Å². The number of nitrogens with zero attached hydrogens (tertiary/aromatic N) is 2. The molecule has 3 rings (SSSR count). The molecule has 2 amide bonds. The highest BCUT2D eigenvalue weighted by Gasteiger charge is 2.41. The first kappa shape index (κ1) is 16.6. The Labute approximate surface area is 132 Å². The Morgan fingerprint density at radius 3 is 2.67 bits per heavy atom. The summed E-state index contributed by atoms with van der Waals surface area (Å²) in [5, 5.41) is 3.30. The lowest BCUT2D eigenvalue weighted by Crippen LogP contribution is -2.54. The highest BCUT2D eigenvalue weighted by atomic mass is 35.5. The number of piperazine rings is 1. The zero-order chi connectivity index (χ0) is 14.1. The second-order valence-corrected chi connectivity index (χ2v) is 6.47. The Morgan fingerprint density at radius 2 is 2.00 bits per heavy atom. The fourth-order valence-corrected chi connectivity index (χ4v) is 3.87. The van der Waals surface area contributed by atoms with Crippen LogP contribution in [0.1, 0.15) is 39.0 Å². The fourth-order valence-electron chi connectivity index (χ4n) is 3.87. The molecule has 2 heterocycles. The lowest BCUT2D eigenvalue weighted by molar-refractivity contribution is -0.138. The quantitative estimate of drug-likeness (QED) is 0.828. The highest BCUT2D eigenvalue weighted by molar-refractivity contribution is 5.89. The van der Waals surface area contributed by atoms with Crippen molar-refractivity contribution in [2.24, 2.45) is 5.92 Å². The van der Waals surface area contributed by atoms with Crippen molar-refractivity contribution in [3.63, 3.8) is 0 Å². The van der Waals surface area contributed by atoms with Gasteiger partial charge in [-0.3, -0.25) is 9.59 Å². The first-order chi connectivity index (χ1) is 9.66. The van der Waals surface area contributed by atoms with Gasteiger partial charge in [0.1, 0.15) is 0 Å². The van der Waals surface area contributed by atoms with Gasteiger partial charge in [0.15, 0.2) is 0 Å². The monoisotopic (exact) mass is 315 g/mol. The van der Waals surface area contributed by atoms with E-state index in [2.05, 4.69) is 12.2 Å². The molecule has 0 aromatic heterocycles. The van der Waals surface area contributed by atoms with Crippen LogP contribution < -0.4 is 5.32 Å². The van der Waals surface area contributed by atoms with Crippen LogP contribution in [-0.4, -0.2) is 59.9 Å². The van der Waals surface area contributed by atoms with E-state index in [1.165, 1.54) is 12.8 Å². The van der Waals surface area contributed by atoms with Gasteiger partial charge in [-0.15, -0.1) is 12.4 Å². The van der Waals surface area contributed by atoms with E-state index in [4.69, 9.17) is 0 Å². The van der Waals surface area contributed by atoms with Crippen molar-refractivity contribution in [3.8, 4) is 0 Å². The zero-order valence-electron chi connectivity index (χ0n) is 12.7. The Hall–Kier alpha value is -0.810. The third-order valence-corrected chi connectivity index (χ3v) is 5.06. The molecule has 1 N–H and O–H groups in total. The standard InChI is InChI=1S/C15H25N3O2.ClH/c1-11-9-16-6-7-17(11)15(20)12-8-14(19)18(10-12)13-4-2-3-5-13;/h11-13,16H,2-10H2,1H3;1H/t11-,12?;/m1./s1. The average molecular weight is 316 g/mol. The van der Waals surface area contributed by atoms with Gasteiger partial charge in [-0.25, -0.2) is 0 Å². The number of carbonyl (C=O) groups excluding carboxylic acids is 2. The molecule has 1 unspecified atom stereocenters. The lowest BCUT2D eigenvalue weighted by Gasteiger charge is -2.35. The minimum absolute atomic E-state index is 0. The van der Waals surface area contributed by atoms with Crippen molar-refractivity contribution in [2.45, 2.75) is 51.1 Å². The molecule has 21 heavy (non-hydrogen) atoms. The molecular formula is C15H26ClN3O2. The molecule has 5 nitrogen and oxygen atoms in total. The SMILES string of the molecule is C[C@@H]1CNCCN1C(=O)C1CC(=O)N(C2CCCC2)C1.Cl. The maximum Gasteiger partial charge on any atom is 0.228 e. The lowest BCUT2D eigenvalue weighted by atomic mass is 10.0. The van der Waals surface area contributed by atoms with Gasteiger partial charge in [-0.05, 0) is 19.8 Å². The van der Waals surface area contributed by atoms with E-state index in [1.54, 1.807) is 0 Å². The fraction of sp³-hybridized carbons (Fsp3) is 0.867. The molecule has 0 aromatic carbocycles. The summed E-state index contributed by atoms with van der Waals surface area (Å²) in [6, 6.07) is 0.646. The molecular weight excluding hydrogens is 290 g/mol. The zero-order valence-corrected chi connectivity index (χ0v) is 13.5. The van der Waals surface area contributed by atoms with Gasteiger partial charge in [-0.2, -0.15) is 0 Å². The number of rotatable bonds is 2. The van der Waals surface area contributed by atoms with Gasteiger partial charge in [0.25, 0.3) is 0 Å².